The highest BCUT2D eigenvalue weighted by Gasteiger charge is 2.40. The summed E-state index contributed by atoms with van der Waals surface area (Å²) in [5, 5.41) is 3.55. The Kier molecular flexibility index (Phi) is 4.58. The van der Waals surface area contributed by atoms with Crippen molar-refractivity contribution in [1.82, 2.24) is 5.32 Å². The average Bonchev–Trinajstić information content (AvgIpc) is 2.69. The van der Waals surface area contributed by atoms with E-state index >= 15 is 0 Å². The van der Waals surface area contributed by atoms with Crippen LogP contribution in [0.25, 0.3) is 0 Å². The highest BCUT2D eigenvalue weighted by atomic mass is 32.2. The summed E-state index contributed by atoms with van der Waals surface area (Å²) in [6, 6.07) is 0.845. The number of rotatable bonds is 4. The third-order valence-corrected chi connectivity index (χ3v) is 4.54. The fraction of sp³-hybridized carbons (Fsp3) is 1.00. The molecular weight excluding hydrogens is 238 g/mol. The summed E-state index contributed by atoms with van der Waals surface area (Å²) in [6.07, 6.45) is 5.88. The van der Waals surface area contributed by atoms with Crippen molar-refractivity contribution in [3.63, 3.8) is 0 Å². The maximum atomic E-state index is 11.1. The lowest BCUT2D eigenvalue weighted by Gasteiger charge is -2.36. The largest absolute Gasteiger partial charge is 0.348 e. The third-order valence-electron chi connectivity index (χ3n) is 3.57. The Morgan fingerprint density at radius 3 is 2.47 bits per heavy atom. The maximum absolute atomic E-state index is 11.1. The van der Waals surface area contributed by atoms with E-state index in [9.17, 15) is 4.21 Å². The molecular formula is C12H23NO3S. The van der Waals surface area contributed by atoms with Gasteiger partial charge in [-0.25, -0.2) is 0 Å². The zero-order valence-corrected chi connectivity index (χ0v) is 11.6. The first-order valence-electron chi connectivity index (χ1n) is 6.44. The lowest BCUT2D eigenvalue weighted by Crippen LogP contribution is -2.46. The van der Waals surface area contributed by atoms with Gasteiger partial charge in [0.2, 0.25) is 0 Å². The summed E-state index contributed by atoms with van der Waals surface area (Å²) >= 11 is 0. The van der Waals surface area contributed by atoms with E-state index in [0.29, 0.717) is 12.1 Å². The second kappa shape index (κ2) is 5.78. The molecule has 1 aliphatic heterocycles. The van der Waals surface area contributed by atoms with Crippen LogP contribution in [0, 0.1) is 0 Å². The van der Waals surface area contributed by atoms with Gasteiger partial charge >= 0.3 is 0 Å². The van der Waals surface area contributed by atoms with E-state index in [1.165, 1.54) is 0 Å². The molecule has 2 aliphatic rings. The summed E-state index contributed by atoms with van der Waals surface area (Å²) in [5.41, 5.74) is 0. The Bertz CT molecular complexity index is 269. The Morgan fingerprint density at radius 1 is 1.35 bits per heavy atom. The predicted octanol–water partition coefficient (Wildman–Crippen LogP) is 1.03. The van der Waals surface area contributed by atoms with E-state index in [0.717, 1.165) is 44.6 Å². The van der Waals surface area contributed by atoms with Gasteiger partial charge in [-0.2, -0.15) is 0 Å². The van der Waals surface area contributed by atoms with Gasteiger partial charge in [0.1, 0.15) is 0 Å². The summed E-state index contributed by atoms with van der Waals surface area (Å²) in [6.45, 7) is 3.58. The molecule has 4 nitrogen and oxygen atoms in total. The van der Waals surface area contributed by atoms with Crippen LogP contribution in [-0.2, 0) is 20.3 Å². The van der Waals surface area contributed by atoms with Crippen LogP contribution >= 0.6 is 0 Å². The Hall–Kier alpha value is 0.0300. The molecule has 5 heteroatoms. The lowest BCUT2D eigenvalue weighted by atomic mass is 9.90. The molecule has 1 spiro atoms. The summed E-state index contributed by atoms with van der Waals surface area (Å²) < 4.78 is 22.5. The van der Waals surface area contributed by atoms with E-state index in [1.54, 1.807) is 6.26 Å². The molecule has 2 atom stereocenters. The van der Waals surface area contributed by atoms with Crippen LogP contribution in [0.15, 0.2) is 0 Å². The van der Waals surface area contributed by atoms with E-state index in [1.807, 2.05) is 0 Å². The first kappa shape index (κ1) is 13.5. The van der Waals surface area contributed by atoms with Crippen molar-refractivity contribution in [2.24, 2.45) is 0 Å². The number of hydrogen-bond acceptors (Lipinski definition) is 4. The van der Waals surface area contributed by atoms with Crippen molar-refractivity contribution in [2.75, 3.05) is 25.2 Å². The zero-order valence-electron chi connectivity index (χ0n) is 10.7. The Labute approximate surface area is 106 Å². The normalized spacial score (nSPS) is 28.4. The van der Waals surface area contributed by atoms with Crippen molar-refractivity contribution in [3.8, 4) is 0 Å². The van der Waals surface area contributed by atoms with Gasteiger partial charge in [0.15, 0.2) is 5.79 Å². The molecule has 0 aromatic heterocycles. The molecule has 1 aliphatic carbocycles. The van der Waals surface area contributed by atoms with Gasteiger partial charge in [0.25, 0.3) is 0 Å². The second-order valence-electron chi connectivity index (χ2n) is 5.19. The van der Waals surface area contributed by atoms with E-state index in [2.05, 4.69) is 12.2 Å². The lowest BCUT2D eigenvalue weighted by molar-refractivity contribution is -0.179. The first-order valence-corrected chi connectivity index (χ1v) is 8.16. The van der Waals surface area contributed by atoms with Gasteiger partial charge in [-0.1, -0.05) is 0 Å². The third kappa shape index (κ3) is 3.74. The van der Waals surface area contributed by atoms with Crippen LogP contribution in [0.1, 0.15) is 32.6 Å². The molecule has 0 aromatic carbocycles. The van der Waals surface area contributed by atoms with Gasteiger partial charge < -0.3 is 14.8 Å². The SMILES string of the molecule is CC(CS(C)=O)NC1CCC2(CC1)OCCO2. The topological polar surface area (TPSA) is 47.6 Å². The minimum Gasteiger partial charge on any atom is -0.348 e. The fourth-order valence-electron chi connectivity index (χ4n) is 2.81. The van der Waals surface area contributed by atoms with Crippen molar-refractivity contribution in [3.05, 3.63) is 0 Å². The van der Waals surface area contributed by atoms with Crippen LogP contribution < -0.4 is 5.32 Å². The highest BCUT2D eigenvalue weighted by Crippen LogP contribution is 2.35. The Morgan fingerprint density at radius 2 is 1.94 bits per heavy atom. The van der Waals surface area contributed by atoms with Gasteiger partial charge in [0.05, 0.1) is 13.2 Å². The van der Waals surface area contributed by atoms with Crippen molar-refractivity contribution < 1.29 is 13.7 Å². The van der Waals surface area contributed by atoms with Gasteiger partial charge in [-0.3, -0.25) is 4.21 Å². The fourth-order valence-corrected chi connectivity index (χ4v) is 3.61. The van der Waals surface area contributed by atoms with Gasteiger partial charge in [0, 0.05) is 47.7 Å². The van der Waals surface area contributed by atoms with E-state index < -0.39 is 10.8 Å². The molecule has 1 heterocycles. The standard InChI is InChI=1S/C12H23NO3S/c1-10(9-17(2)14)13-11-3-5-12(6-4-11)15-7-8-16-12/h10-11,13H,3-9H2,1-2H3. The van der Waals surface area contributed by atoms with Crippen molar-refractivity contribution in [2.45, 2.75) is 50.5 Å². The number of ether oxygens (including phenoxy) is 2. The molecule has 0 bridgehead atoms. The molecule has 2 fully saturated rings. The molecule has 100 valence electrons. The molecule has 1 saturated carbocycles. The molecule has 0 aromatic rings. The maximum Gasteiger partial charge on any atom is 0.168 e. The minimum atomic E-state index is -0.720. The van der Waals surface area contributed by atoms with Crippen LogP contribution in [0.4, 0.5) is 0 Å². The molecule has 2 rings (SSSR count). The predicted molar refractivity (Wildman–Crippen MR) is 68.4 cm³/mol. The average molecular weight is 261 g/mol. The smallest absolute Gasteiger partial charge is 0.168 e. The number of nitrogens with one attached hydrogen (secondary N) is 1. The first-order chi connectivity index (χ1) is 8.10. The number of hydrogen-bond donors (Lipinski definition) is 1. The van der Waals surface area contributed by atoms with Crippen molar-refractivity contribution in [1.29, 1.82) is 0 Å². The summed E-state index contributed by atoms with van der Waals surface area (Å²) in [7, 11) is -0.720. The quantitative estimate of drug-likeness (QED) is 0.821. The van der Waals surface area contributed by atoms with Gasteiger partial charge in [-0.15, -0.1) is 0 Å². The molecule has 1 saturated heterocycles. The van der Waals surface area contributed by atoms with Crippen LogP contribution in [0.5, 0.6) is 0 Å². The van der Waals surface area contributed by atoms with Crippen LogP contribution in [0.2, 0.25) is 0 Å². The summed E-state index contributed by atoms with van der Waals surface area (Å²) in [5.74, 6) is 0.462. The van der Waals surface area contributed by atoms with Crippen molar-refractivity contribution >= 4 is 10.8 Å². The van der Waals surface area contributed by atoms with Crippen LogP contribution in [0.3, 0.4) is 0 Å². The molecule has 0 amide bonds. The molecule has 17 heavy (non-hydrogen) atoms. The molecule has 0 radical (unpaired) electrons. The summed E-state index contributed by atoms with van der Waals surface area (Å²) in [4.78, 5) is 0. The second-order valence-corrected chi connectivity index (χ2v) is 6.67. The monoisotopic (exact) mass is 261 g/mol. The Balaban J connectivity index is 1.73. The zero-order chi connectivity index (χ0) is 12.3. The minimum absolute atomic E-state index is 0.269. The van der Waals surface area contributed by atoms with Gasteiger partial charge in [-0.05, 0) is 19.8 Å². The highest BCUT2D eigenvalue weighted by molar-refractivity contribution is 7.84. The van der Waals surface area contributed by atoms with E-state index in [-0.39, 0.29) is 5.79 Å². The van der Waals surface area contributed by atoms with E-state index in [4.69, 9.17) is 9.47 Å². The molecule has 1 N–H and O–H groups in total. The molecule has 2 unspecified atom stereocenters. The van der Waals surface area contributed by atoms with Crippen LogP contribution in [-0.4, -0.2) is 47.3 Å².